The molecule has 0 aliphatic rings. The van der Waals surface area contributed by atoms with Crippen molar-refractivity contribution in [2.24, 2.45) is 5.73 Å². The molecule has 0 bridgehead atoms. The van der Waals surface area contributed by atoms with Crippen LogP contribution in [0.5, 0.6) is 0 Å². The number of nitrogen functional groups attached to an aromatic ring is 1. The van der Waals surface area contributed by atoms with Crippen LogP contribution in [0.15, 0.2) is 24.5 Å². The van der Waals surface area contributed by atoms with E-state index in [4.69, 9.17) is 11.5 Å². The number of hydrogen-bond donors (Lipinski definition) is 3. The van der Waals surface area contributed by atoms with Crippen molar-refractivity contribution < 1.29 is 4.79 Å². The first-order valence-corrected chi connectivity index (χ1v) is 5.91. The minimum Gasteiger partial charge on any atom is -0.397 e. The number of nitrogens with zero attached hydrogens (tertiary/aromatic N) is 3. The van der Waals surface area contributed by atoms with E-state index in [1.165, 1.54) is 0 Å². The Hall–Kier alpha value is -2.57. The largest absolute Gasteiger partial charge is 0.397 e. The molecular weight excluding hydrogens is 244 g/mol. The van der Waals surface area contributed by atoms with Crippen LogP contribution < -0.4 is 16.8 Å². The highest BCUT2D eigenvalue weighted by Gasteiger charge is 2.06. The number of primary amides is 1. The Morgan fingerprint density at radius 2 is 2.26 bits per heavy atom. The molecule has 19 heavy (non-hydrogen) atoms. The summed E-state index contributed by atoms with van der Waals surface area (Å²) < 4.78 is 1.93. The maximum atomic E-state index is 11.0. The molecule has 0 saturated carbocycles. The van der Waals surface area contributed by atoms with Crippen LogP contribution >= 0.6 is 0 Å². The van der Waals surface area contributed by atoms with Gasteiger partial charge in [-0.25, -0.2) is 0 Å². The Kier molecular flexibility index (Phi) is 3.65. The molecule has 0 radical (unpaired) electrons. The van der Waals surface area contributed by atoms with Gasteiger partial charge in [0, 0.05) is 12.1 Å². The SMILES string of the molecule is CCn1cnnc1CNc1ccc(C(N)=O)cc1N. The summed E-state index contributed by atoms with van der Waals surface area (Å²) in [6.07, 6.45) is 1.68. The van der Waals surface area contributed by atoms with Crippen molar-refractivity contribution in [1.82, 2.24) is 14.8 Å². The van der Waals surface area contributed by atoms with Crippen molar-refractivity contribution in [2.45, 2.75) is 20.0 Å². The van der Waals surface area contributed by atoms with Crippen molar-refractivity contribution in [2.75, 3.05) is 11.1 Å². The molecule has 100 valence electrons. The van der Waals surface area contributed by atoms with Gasteiger partial charge in [-0.05, 0) is 25.1 Å². The van der Waals surface area contributed by atoms with Crippen LogP contribution in [-0.2, 0) is 13.1 Å². The molecule has 0 fully saturated rings. The standard InChI is InChI=1S/C12H16N6O/c1-2-18-7-16-17-11(18)6-15-10-4-3-8(12(14)19)5-9(10)13/h3-5,7,15H,2,6,13H2,1H3,(H2,14,19). The number of nitrogens with one attached hydrogen (secondary N) is 1. The number of aromatic nitrogens is 3. The monoisotopic (exact) mass is 260 g/mol. The Balaban J connectivity index is 2.10. The third-order valence-corrected chi connectivity index (χ3v) is 2.81. The molecule has 0 atom stereocenters. The van der Waals surface area contributed by atoms with Gasteiger partial charge in [-0.15, -0.1) is 10.2 Å². The molecule has 5 N–H and O–H groups in total. The van der Waals surface area contributed by atoms with Crippen molar-refractivity contribution in [3.05, 3.63) is 35.9 Å². The summed E-state index contributed by atoms with van der Waals surface area (Å²) in [5, 5.41) is 11.0. The molecule has 7 nitrogen and oxygen atoms in total. The maximum absolute atomic E-state index is 11.0. The minimum absolute atomic E-state index is 0.389. The van der Waals surface area contributed by atoms with Crippen molar-refractivity contribution >= 4 is 17.3 Å². The third-order valence-electron chi connectivity index (χ3n) is 2.81. The van der Waals surface area contributed by atoms with Gasteiger partial charge in [0.25, 0.3) is 0 Å². The highest BCUT2D eigenvalue weighted by Crippen LogP contribution is 2.20. The fraction of sp³-hybridized carbons (Fsp3) is 0.250. The second-order valence-corrected chi connectivity index (χ2v) is 4.05. The second-order valence-electron chi connectivity index (χ2n) is 4.05. The van der Waals surface area contributed by atoms with Gasteiger partial charge < -0.3 is 21.4 Å². The molecule has 1 aromatic carbocycles. The first-order valence-electron chi connectivity index (χ1n) is 5.91. The summed E-state index contributed by atoms with van der Waals surface area (Å²) >= 11 is 0. The maximum Gasteiger partial charge on any atom is 0.248 e. The molecule has 1 amide bonds. The van der Waals surface area contributed by atoms with Crippen molar-refractivity contribution in [3.63, 3.8) is 0 Å². The lowest BCUT2D eigenvalue weighted by atomic mass is 10.1. The fourth-order valence-corrected chi connectivity index (χ4v) is 1.73. The lowest BCUT2D eigenvalue weighted by Gasteiger charge is -2.10. The van der Waals surface area contributed by atoms with Crippen LogP contribution in [0, 0.1) is 0 Å². The zero-order valence-corrected chi connectivity index (χ0v) is 10.6. The van der Waals surface area contributed by atoms with Gasteiger partial charge in [-0.2, -0.15) is 0 Å². The normalized spacial score (nSPS) is 10.4. The molecule has 2 rings (SSSR count). The van der Waals surface area contributed by atoms with E-state index in [9.17, 15) is 4.79 Å². The zero-order valence-electron chi connectivity index (χ0n) is 10.6. The van der Waals surface area contributed by atoms with E-state index in [1.807, 2.05) is 11.5 Å². The smallest absolute Gasteiger partial charge is 0.248 e. The number of benzene rings is 1. The Morgan fingerprint density at radius 3 is 2.89 bits per heavy atom. The Bertz CT molecular complexity index is 592. The van der Waals surface area contributed by atoms with Crippen LogP contribution in [0.25, 0.3) is 0 Å². The molecule has 7 heteroatoms. The number of anilines is 2. The van der Waals surface area contributed by atoms with E-state index in [1.54, 1.807) is 24.5 Å². The van der Waals surface area contributed by atoms with Gasteiger partial charge in [0.15, 0.2) is 5.82 Å². The summed E-state index contributed by atoms with van der Waals surface area (Å²) in [6, 6.07) is 4.91. The predicted molar refractivity (Wildman–Crippen MR) is 72.4 cm³/mol. The van der Waals surface area contributed by atoms with E-state index in [2.05, 4.69) is 15.5 Å². The first-order chi connectivity index (χ1) is 9.11. The van der Waals surface area contributed by atoms with Gasteiger partial charge in [0.2, 0.25) is 5.91 Å². The van der Waals surface area contributed by atoms with Gasteiger partial charge in [-0.1, -0.05) is 0 Å². The summed E-state index contributed by atoms with van der Waals surface area (Å²) in [7, 11) is 0. The number of aryl methyl sites for hydroxylation is 1. The van der Waals surface area contributed by atoms with Crippen LogP contribution in [0.1, 0.15) is 23.1 Å². The highest BCUT2D eigenvalue weighted by molar-refractivity contribution is 5.94. The molecule has 0 spiro atoms. The second kappa shape index (κ2) is 5.38. The lowest BCUT2D eigenvalue weighted by Crippen LogP contribution is -2.12. The molecule has 0 aliphatic heterocycles. The van der Waals surface area contributed by atoms with E-state index < -0.39 is 5.91 Å². The number of amides is 1. The fourth-order valence-electron chi connectivity index (χ4n) is 1.73. The van der Waals surface area contributed by atoms with Crippen LogP contribution in [-0.4, -0.2) is 20.7 Å². The third kappa shape index (κ3) is 2.82. The number of hydrogen-bond acceptors (Lipinski definition) is 5. The summed E-state index contributed by atoms with van der Waals surface area (Å²) in [5.74, 6) is 0.324. The Labute approximate surface area is 110 Å². The number of nitrogens with two attached hydrogens (primary N) is 2. The molecule has 2 aromatic rings. The van der Waals surface area contributed by atoms with Crippen LogP contribution in [0.3, 0.4) is 0 Å². The number of rotatable bonds is 5. The molecule has 1 heterocycles. The predicted octanol–water partition coefficient (Wildman–Crippen LogP) is 0.591. The quantitative estimate of drug-likeness (QED) is 0.681. The summed E-state index contributed by atoms with van der Waals surface area (Å²) in [6.45, 7) is 3.33. The molecule has 0 aliphatic carbocycles. The van der Waals surface area contributed by atoms with Gasteiger partial charge in [0.05, 0.1) is 17.9 Å². The zero-order chi connectivity index (χ0) is 13.8. The van der Waals surface area contributed by atoms with Crippen LogP contribution in [0.2, 0.25) is 0 Å². The summed E-state index contributed by atoms with van der Waals surface area (Å²) in [4.78, 5) is 11.0. The number of carbonyl (C=O) groups excluding carboxylic acids is 1. The average Bonchev–Trinajstić information content (AvgIpc) is 2.84. The summed E-state index contributed by atoms with van der Waals surface area (Å²) in [5.41, 5.74) is 12.6. The van der Waals surface area contributed by atoms with E-state index in [0.717, 1.165) is 18.1 Å². The lowest BCUT2D eigenvalue weighted by molar-refractivity contribution is 0.100. The first kappa shape index (κ1) is 12.9. The van der Waals surface area contributed by atoms with Gasteiger partial charge in [0.1, 0.15) is 6.33 Å². The van der Waals surface area contributed by atoms with E-state index in [-0.39, 0.29) is 0 Å². The van der Waals surface area contributed by atoms with Crippen molar-refractivity contribution in [1.29, 1.82) is 0 Å². The minimum atomic E-state index is -0.496. The van der Waals surface area contributed by atoms with E-state index >= 15 is 0 Å². The van der Waals surface area contributed by atoms with Crippen molar-refractivity contribution in [3.8, 4) is 0 Å². The highest BCUT2D eigenvalue weighted by atomic mass is 16.1. The molecule has 0 unspecified atom stereocenters. The average molecular weight is 260 g/mol. The topological polar surface area (TPSA) is 112 Å². The van der Waals surface area contributed by atoms with Crippen LogP contribution in [0.4, 0.5) is 11.4 Å². The molecular formula is C12H16N6O. The Morgan fingerprint density at radius 1 is 1.47 bits per heavy atom. The van der Waals surface area contributed by atoms with Gasteiger partial charge in [-0.3, -0.25) is 4.79 Å². The number of carbonyl (C=O) groups is 1. The molecule has 0 saturated heterocycles. The van der Waals surface area contributed by atoms with E-state index in [0.29, 0.717) is 17.8 Å². The molecule has 1 aromatic heterocycles. The van der Waals surface area contributed by atoms with Gasteiger partial charge >= 0.3 is 0 Å².